The van der Waals surface area contributed by atoms with Gasteiger partial charge in [-0.05, 0) is 55.2 Å². The van der Waals surface area contributed by atoms with Crippen LogP contribution in [0.1, 0.15) is 23.5 Å². The third-order valence-corrected chi connectivity index (χ3v) is 4.71. The third kappa shape index (κ3) is 3.91. The molecule has 4 nitrogen and oxygen atoms in total. The van der Waals surface area contributed by atoms with Crippen LogP contribution >= 0.6 is 23.8 Å². The fourth-order valence-electron chi connectivity index (χ4n) is 2.73. The van der Waals surface area contributed by atoms with Crippen molar-refractivity contribution in [1.29, 1.82) is 0 Å². The topological polar surface area (TPSA) is 58.4 Å². The number of hydrogen-bond acceptors (Lipinski definition) is 2. The van der Waals surface area contributed by atoms with Gasteiger partial charge in [0.05, 0.1) is 10.7 Å². The second-order valence-electron chi connectivity index (χ2n) is 6.11. The molecule has 1 fully saturated rings. The van der Waals surface area contributed by atoms with Crippen LogP contribution in [0.2, 0.25) is 5.02 Å². The summed E-state index contributed by atoms with van der Waals surface area (Å²) < 4.78 is 13.3. The Balaban J connectivity index is 1.71. The molecular formula is C18H17ClFN3OS. The van der Waals surface area contributed by atoms with Crippen LogP contribution in [0, 0.1) is 18.7 Å². The molecule has 1 aliphatic rings. The summed E-state index contributed by atoms with van der Waals surface area (Å²) in [5, 5.41) is 1.12. The van der Waals surface area contributed by atoms with E-state index >= 15 is 0 Å². The molecule has 2 unspecified atom stereocenters. The molecule has 2 aromatic carbocycles. The minimum absolute atomic E-state index is 0.0523. The number of halogens is 2. The summed E-state index contributed by atoms with van der Waals surface area (Å²) >= 11 is 10.8. The van der Waals surface area contributed by atoms with Crippen LogP contribution in [0.4, 0.5) is 10.1 Å². The van der Waals surface area contributed by atoms with Gasteiger partial charge in [0.15, 0.2) is 5.11 Å². The lowest BCUT2D eigenvalue weighted by molar-refractivity contribution is -0.122. The van der Waals surface area contributed by atoms with E-state index < -0.39 is 5.82 Å². The molecule has 25 heavy (non-hydrogen) atoms. The molecule has 0 aromatic heterocycles. The molecule has 3 N–H and O–H groups in total. The maximum Gasteiger partial charge on any atom is 0.242 e. The predicted octanol–water partition coefficient (Wildman–Crippen LogP) is 3.67. The predicted molar refractivity (Wildman–Crippen MR) is 101 cm³/mol. The Hall–Kier alpha value is -2.18. The highest BCUT2D eigenvalue weighted by atomic mass is 35.5. The summed E-state index contributed by atoms with van der Waals surface area (Å²) in [6.45, 7) is 2.02. The monoisotopic (exact) mass is 377 g/mol. The van der Waals surface area contributed by atoms with Crippen molar-refractivity contribution in [3.8, 4) is 0 Å². The Morgan fingerprint density at radius 2 is 2.00 bits per heavy atom. The number of amides is 1. The Morgan fingerprint density at radius 1 is 1.32 bits per heavy atom. The van der Waals surface area contributed by atoms with E-state index in [4.69, 9.17) is 29.6 Å². The van der Waals surface area contributed by atoms with Crippen LogP contribution in [-0.4, -0.2) is 11.0 Å². The van der Waals surface area contributed by atoms with Gasteiger partial charge in [-0.3, -0.25) is 10.2 Å². The lowest BCUT2D eigenvalue weighted by Crippen LogP contribution is -2.49. The lowest BCUT2D eigenvalue weighted by Gasteiger charge is -2.23. The second kappa shape index (κ2) is 6.98. The molecule has 3 rings (SSSR count). The second-order valence-corrected chi connectivity index (χ2v) is 6.93. The third-order valence-electron chi connectivity index (χ3n) is 4.24. The number of aryl methyl sites for hydroxylation is 1. The number of hydrogen-bond donors (Lipinski definition) is 2. The van der Waals surface area contributed by atoms with Crippen molar-refractivity contribution in [2.24, 2.45) is 11.7 Å². The van der Waals surface area contributed by atoms with Gasteiger partial charge in [0.25, 0.3) is 0 Å². The van der Waals surface area contributed by atoms with Gasteiger partial charge in [0.1, 0.15) is 5.82 Å². The van der Waals surface area contributed by atoms with Crippen molar-refractivity contribution in [1.82, 2.24) is 5.43 Å². The Bertz CT molecular complexity index is 828. The number of rotatable bonds is 3. The lowest BCUT2D eigenvalue weighted by atomic mass is 10.1. The van der Waals surface area contributed by atoms with E-state index in [2.05, 4.69) is 5.43 Å². The first-order valence-corrected chi connectivity index (χ1v) is 8.57. The van der Waals surface area contributed by atoms with Crippen LogP contribution in [-0.2, 0) is 4.79 Å². The number of nitrogens with one attached hydrogen (secondary N) is 1. The van der Waals surface area contributed by atoms with E-state index in [1.807, 2.05) is 31.2 Å². The van der Waals surface area contributed by atoms with Crippen LogP contribution < -0.4 is 16.2 Å². The highest BCUT2D eigenvalue weighted by Crippen LogP contribution is 2.47. The Kier molecular flexibility index (Phi) is 4.92. The number of thiocarbonyl (C=S) groups is 1. The first-order valence-electron chi connectivity index (χ1n) is 7.78. The van der Waals surface area contributed by atoms with Crippen LogP contribution in [0.5, 0.6) is 0 Å². The van der Waals surface area contributed by atoms with Crippen LogP contribution in [0.25, 0.3) is 0 Å². The molecule has 0 heterocycles. The average Bonchev–Trinajstić information content (AvgIpc) is 3.36. The summed E-state index contributed by atoms with van der Waals surface area (Å²) in [7, 11) is 0. The molecule has 0 radical (unpaired) electrons. The fourth-order valence-corrected chi connectivity index (χ4v) is 3.06. The quantitative estimate of drug-likeness (QED) is 0.633. The molecule has 1 saturated carbocycles. The summed E-state index contributed by atoms with van der Waals surface area (Å²) in [6.07, 6.45) is 0.768. The smallest absolute Gasteiger partial charge is 0.242 e. The largest absolute Gasteiger partial charge is 0.374 e. The number of carbonyl (C=O) groups is 1. The van der Waals surface area contributed by atoms with Gasteiger partial charge in [-0.1, -0.05) is 41.4 Å². The van der Waals surface area contributed by atoms with Gasteiger partial charge < -0.3 is 5.73 Å². The van der Waals surface area contributed by atoms with Gasteiger partial charge >= 0.3 is 0 Å². The first-order chi connectivity index (χ1) is 11.9. The summed E-state index contributed by atoms with van der Waals surface area (Å²) in [6, 6.07) is 12.2. The van der Waals surface area contributed by atoms with Gasteiger partial charge in [0, 0.05) is 5.92 Å². The number of nitrogens with two attached hydrogens (primary N) is 1. The maximum atomic E-state index is 13.3. The molecule has 1 aliphatic carbocycles. The number of nitrogens with zero attached hydrogens (tertiary/aromatic N) is 1. The molecule has 0 bridgehead atoms. The molecule has 1 amide bonds. The zero-order valence-electron chi connectivity index (χ0n) is 13.5. The Labute approximate surface area is 155 Å². The minimum Gasteiger partial charge on any atom is -0.374 e. The number of anilines is 1. The van der Waals surface area contributed by atoms with Crippen molar-refractivity contribution in [3.05, 3.63) is 64.4 Å². The van der Waals surface area contributed by atoms with Gasteiger partial charge in [-0.2, -0.15) is 0 Å². The van der Waals surface area contributed by atoms with E-state index in [-0.39, 0.29) is 27.9 Å². The van der Waals surface area contributed by atoms with E-state index in [1.165, 1.54) is 28.8 Å². The molecule has 130 valence electrons. The molecule has 0 saturated heterocycles. The van der Waals surface area contributed by atoms with Crippen molar-refractivity contribution in [2.75, 3.05) is 5.01 Å². The SMILES string of the molecule is Cc1ccc(C2CC2C(=O)NN(C(N)=S)c2ccc(F)c(Cl)c2)cc1. The summed E-state index contributed by atoms with van der Waals surface area (Å²) in [4.78, 5) is 12.5. The van der Waals surface area contributed by atoms with Gasteiger partial charge in [0.2, 0.25) is 5.91 Å². The standard InChI is InChI=1S/C18H17ClFN3OS/c1-10-2-4-11(5-3-10)13-9-14(13)17(24)22-23(18(21)25)12-6-7-16(20)15(19)8-12/h2-8,13-14H,9H2,1H3,(H2,21,25)(H,22,24). The van der Waals surface area contributed by atoms with Gasteiger partial charge in [-0.25, -0.2) is 9.40 Å². The number of carbonyl (C=O) groups excluding carboxylic acids is 1. The zero-order valence-corrected chi connectivity index (χ0v) is 15.1. The highest BCUT2D eigenvalue weighted by Gasteiger charge is 2.44. The van der Waals surface area contributed by atoms with Crippen molar-refractivity contribution in [3.63, 3.8) is 0 Å². The Morgan fingerprint density at radius 3 is 2.60 bits per heavy atom. The van der Waals surface area contributed by atoms with E-state index in [9.17, 15) is 9.18 Å². The number of hydrazine groups is 1. The molecular weight excluding hydrogens is 361 g/mol. The normalized spacial score (nSPS) is 18.5. The average molecular weight is 378 g/mol. The fraction of sp³-hybridized carbons (Fsp3) is 0.222. The molecule has 0 aliphatic heterocycles. The number of benzene rings is 2. The zero-order chi connectivity index (χ0) is 18.1. The van der Waals surface area contributed by atoms with Crippen LogP contribution in [0.15, 0.2) is 42.5 Å². The van der Waals surface area contributed by atoms with Crippen molar-refractivity contribution >= 4 is 40.5 Å². The van der Waals surface area contributed by atoms with Crippen LogP contribution in [0.3, 0.4) is 0 Å². The van der Waals surface area contributed by atoms with Crippen molar-refractivity contribution in [2.45, 2.75) is 19.3 Å². The minimum atomic E-state index is -0.554. The van der Waals surface area contributed by atoms with E-state index in [0.29, 0.717) is 5.69 Å². The first kappa shape index (κ1) is 17.6. The maximum absolute atomic E-state index is 13.3. The van der Waals surface area contributed by atoms with E-state index in [0.717, 1.165) is 12.0 Å². The van der Waals surface area contributed by atoms with E-state index in [1.54, 1.807) is 0 Å². The molecule has 2 atom stereocenters. The summed E-state index contributed by atoms with van der Waals surface area (Å²) in [5.74, 6) is -0.693. The molecule has 2 aromatic rings. The highest BCUT2D eigenvalue weighted by molar-refractivity contribution is 7.80. The molecule has 0 spiro atoms. The molecule has 7 heteroatoms. The van der Waals surface area contributed by atoms with Gasteiger partial charge in [-0.15, -0.1) is 0 Å². The summed E-state index contributed by atoms with van der Waals surface area (Å²) in [5.41, 5.74) is 11.1. The van der Waals surface area contributed by atoms with Crippen molar-refractivity contribution < 1.29 is 9.18 Å².